The van der Waals surface area contributed by atoms with Gasteiger partial charge in [0.25, 0.3) is 0 Å². The lowest BCUT2D eigenvalue weighted by Crippen LogP contribution is -2.44. The Balaban J connectivity index is 2.24. The Labute approximate surface area is 121 Å². The van der Waals surface area contributed by atoms with Gasteiger partial charge in [-0.25, -0.2) is 0 Å². The molecule has 1 aliphatic heterocycles. The number of rotatable bonds is 7. The number of carbonyl (C=O) groups is 1. The predicted octanol–water partition coefficient (Wildman–Crippen LogP) is 0.622. The molecule has 1 aliphatic rings. The molecule has 0 aliphatic carbocycles. The number of nitrogens with zero attached hydrogens (tertiary/aromatic N) is 2. The van der Waals surface area contributed by atoms with E-state index in [1.807, 2.05) is 6.92 Å². The van der Waals surface area contributed by atoms with E-state index in [-0.39, 0.29) is 5.91 Å². The van der Waals surface area contributed by atoms with Crippen molar-refractivity contribution in [2.75, 3.05) is 39.8 Å². The van der Waals surface area contributed by atoms with Crippen molar-refractivity contribution in [3.05, 3.63) is 0 Å². The van der Waals surface area contributed by atoms with Crippen LogP contribution in [0.2, 0.25) is 0 Å². The van der Waals surface area contributed by atoms with Crippen molar-refractivity contribution >= 4 is 23.1 Å². The molecule has 1 amide bonds. The van der Waals surface area contributed by atoms with Gasteiger partial charge >= 0.3 is 0 Å². The molecule has 110 valence electrons. The van der Waals surface area contributed by atoms with E-state index in [0.717, 1.165) is 32.5 Å². The Hall–Kier alpha value is -0.720. The van der Waals surface area contributed by atoms with E-state index in [1.54, 1.807) is 11.9 Å². The monoisotopic (exact) mass is 287 g/mol. The van der Waals surface area contributed by atoms with Crippen LogP contribution < -0.4 is 5.73 Å². The number of thiocarbonyl (C=S) groups is 1. The molecule has 19 heavy (non-hydrogen) atoms. The van der Waals surface area contributed by atoms with Gasteiger partial charge in [-0.2, -0.15) is 0 Å². The smallest absolute Gasteiger partial charge is 0.236 e. The molecule has 0 aromatic rings. The highest BCUT2D eigenvalue weighted by atomic mass is 32.1. The summed E-state index contributed by atoms with van der Waals surface area (Å²) in [5.41, 5.74) is 5.44. The lowest BCUT2D eigenvalue weighted by atomic mass is 10.1. The van der Waals surface area contributed by atoms with Crippen molar-refractivity contribution in [1.29, 1.82) is 0 Å². The number of likely N-dealkylation sites (N-methyl/N-ethyl adjacent to an activating group) is 1. The number of piperidine rings is 1. The van der Waals surface area contributed by atoms with E-state index >= 15 is 0 Å². The molecule has 1 fully saturated rings. The third-order valence-electron chi connectivity index (χ3n) is 3.42. The summed E-state index contributed by atoms with van der Waals surface area (Å²) < 4.78 is 5.60. The van der Waals surface area contributed by atoms with Gasteiger partial charge in [0.05, 0.1) is 17.6 Å². The third-order valence-corrected chi connectivity index (χ3v) is 3.62. The van der Waals surface area contributed by atoms with Crippen molar-refractivity contribution in [2.45, 2.75) is 32.3 Å². The van der Waals surface area contributed by atoms with Gasteiger partial charge in [-0.15, -0.1) is 0 Å². The maximum absolute atomic E-state index is 12.0. The van der Waals surface area contributed by atoms with E-state index < -0.39 is 0 Å². The molecule has 0 bridgehead atoms. The van der Waals surface area contributed by atoms with Gasteiger partial charge in [0.2, 0.25) is 5.91 Å². The lowest BCUT2D eigenvalue weighted by Gasteiger charge is -2.32. The van der Waals surface area contributed by atoms with Gasteiger partial charge in [0.1, 0.15) is 0 Å². The van der Waals surface area contributed by atoms with Crippen molar-refractivity contribution in [2.24, 2.45) is 5.73 Å². The quantitative estimate of drug-likeness (QED) is 0.696. The van der Waals surface area contributed by atoms with Crippen LogP contribution in [-0.4, -0.2) is 66.6 Å². The second-order valence-corrected chi connectivity index (χ2v) is 5.49. The summed E-state index contributed by atoms with van der Waals surface area (Å²) in [6.07, 6.45) is 2.98. The molecule has 0 aromatic carbocycles. The van der Waals surface area contributed by atoms with Gasteiger partial charge in [-0.05, 0) is 19.8 Å². The van der Waals surface area contributed by atoms with Crippen LogP contribution in [0.1, 0.15) is 26.2 Å². The zero-order valence-electron chi connectivity index (χ0n) is 11.9. The first kappa shape index (κ1) is 16.3. The van der Waals surface area contributed by atoms with Crippen molar-refractivity contribution in [3.63, 3.8) is 0 Å². The molecule has 0 atom stereocenters. The number of carbonyl (C=O) groups excluding carboxylic acids is 1. The average molecular weight is 287 g/mol. The van der Waals surface area contributed by atoms with E-state index in [9.17, 15) is 4.79 Å². The summed E-state index contributed by atoms with van der Waals surface area (Å²) in [6, 6.07) is 0. The Kier molecular flexibility index (Phi) is 7.27. The van der Waals surface area contributed by atoms with Crippen LogP contribution in [0.5, 0.6) is 0 Å². The van der Waals surface area contributed by atoms with Crippen molar-refractivity contribution in [1.82, 2.24) is 9.80 Å². The van der Waals surface area contributed by atoms with E-state index in [4.69, 9.17) is 22.7 Å². The Morgan fingerprint density at radius 3 is 2.63 bits per heavy atom. The van der Waals surface area contributed by atoms with Gasteiger partial charge in [0.15, 0.2) is 0 Å². The second kappa shape index (κ2) is 8.45. The van der Waals surface area contributed by atoms with Crippen LogP contribution in [0.25, 0.3) is 0 Å². The molecule has 1 saturated heterocycles. The molecular formula is C13H25N3O2S. The summed E-state index contributed by atoms with van der Waals surface area (Å²) in [5.74, 6) is 0.131. The highest BCUT2D eigenvalue weighted by Gasteiger charge is 2.21. The minimum Gasteiger partial charge on any atom is -0.393 e. The SMILES string of the molecule is CCOC1CCN(CC(=O)N(C)CCC(N)=S)CC1. The van der Waals surface area contributed by atoms with Gasteiger partial charge in [-0.3, -0.25) is 9.69 Å². The summed E-state index contributed by atoms with van der Waals surface area (Å²) in [6.45, 7) is 5.73. The van der Waals surface area contributed by atoms with E-state index in [2.05, 4.69) is 4.90 Å². The van der Waals surface area contributed by atoms with Crippen LogP contribution in [0.15, 0.2) is 0 Å². The maximum atomic E-state index is 12.0. The molecule has 0 unspecified atom stereocenters. The molecule has 0 radical (unpaired) electrons. The number of likely N-dealkylation sites (tertiary alicyclic amines) is 1. The Morgan fingerprint density at radius 1 is 1.47 bits per heavy atom. The highest BCUT2D eigenvalue weighted by Crippen LogP contribution is 2.13. The van der Waals surface area contributed by atoms with Crippen LogP contribution >= 0.6 is 12.2 Å². The fourth-order valence-corrected chi connectivity index (χ4v) is 2.28. The zero-order valence-corrected chi connectivity index (χ0v) is 12.7. The maximum Gasteiger partial charge on any atom is 0.236 e. The molecule has 0 saturated carbocycles. The third kappa shape index (κ3) is 6.31. The largest absolute Gasteiger partial charge is 0.393 e. The summed E-state index contributed by atoms with van der Waals surface area (Å²) >= 11 is 4.82. The van der Waals surface area contributed by atoms with Crippen LogP contribution in [-0.2, 0) is 9.53 Å². The first-order valence-corrected chi connectivity index (χ1v) is 7.30. The predicted molar refractivity (Wildman–Crippen MR) is 80.1 cm³/mol. The normalized spacial score (nSPS) is 17.4. The van der Waals surface area contributed by atoms with Gasteiger partial charge in [-0.1, -0.05) is 12.2 Å². The summed E-state index contributed by atoms with van der Waals surface area (Å²) in [5, 5.41) is 0. The fraction of sp³-hybridized carbons (Fsp3) is 0.846. The first-order valence-electron chi connectivity index (χ1n) is 6.89. The number of ether oxygens (including phenoxy) is 1. The molecule has 2 N–H and O–H groups in total. The van der Waals surface area contributed by atoms with Gasteiger partial charge < -0.3 is 15.4 Å². The Bertz CT molecular complexity index is 304. The minimum atomic E-state index is 0.131. The summed E-state index contributed by atoms with van der Waals surface area (Å²) in [4.78, 5) is 16.3. The van der Waals surface area contributed by atoms with Crippen molar-refractivity contribution in [3.8, 4) is 0 Å². The molecule has 1 heterocycles. The van der Waals surface area contributed by atoms with Crippen LogP contribution in [0, 0.1) is 0 Å². The topological polar surface area (TPSA) is 58.8 Å². The summed E-state index contributed by atoms with van der Waals surface area (Å²) in [7, 11) is 1.80. The first-order chi connectivity index (χ1) is 9.02. The van der Waals surface area contributed by atoms with Crippen LogP contribution in [0.3, 0.4) is 0 Å². The van der Waals surface area contributed by atoms with Crippen LogP contribution in [0.4, 0.5) is 0 Å². The lowest BCUT2D eigenvalue weighted by molar-refractivity contribution is -0.131. The zero-order chi connectivity index (χ0) is 14.3. The minimum absolute atomic E-state index is 0.131. The number of hydrogen-bond donors (Lipinski definition) is 1. The number of nitrogens with two attached hydrogens (primary N) is 1. The van der Waals surface area contributed by atoms with E-state index in [0.29, 0.717) is 30.6 Å². The molecular weight excluding hydrogens is 262 g/mol. The second-order valence-electron chi connectivity index (χ2n) is 4.96. The highest BCUT2D eigenvalue weighted by molar-refractivity contribution is 7.80. The molecule has 1 rings (SSSR count). The average Bonchev–Trinajstić information content (AvgIpc) is 2.38. The standard InChI is InChI=1S/C13H25N3O2S/c1-3-18-11-4-8-16(9-5-11)10-13(17)15(2)7-6-12(14)19/h11H,3-10H2,1-2H3,(H2,14,19). The van der Waals surface area contributed by atoms with Crippen molar-refractivity contribution < 1.29 is 9.53 Å². The molecule has 6 heteroatoms. The van der Waals surface area contributed by atoms with E-state index in [1.165, 1.54) is 0 Å². The molecule has 0 aromatic heterocycles. The number of amides is 1. The van der Waals surface area contributed by atoms with Gasteiger partial charge in [0, 0.05) is 39.7 Å². The molecule has 0 spiro atoms. The Morgan fingerprint density at radius 2 is 2.11 bits per heavy atom. The number of hydrogen-bond acceptors (Lipinski definition) is 4. The molecule has 5 nitrogen and oxygen atoms in total. The fourth-order valence-electron chi connectivity index (χ4n) is 2.18.